The first-order chi connectivity index (χ1) is 22.4. The zero-order valence-electron chi connectivity index (χ0n) is 25.9. The van der Waals surface area contributed by atoms with Crippen molar-refractivity contribution in [3.8, 4) is 5.88 Å². The zero-order chi connectivity index (χ0) is 31.9. The number of likely N-dealkylation sites (tertiary alicyclic amines) is 1. The Bertz CT molecular complexity index is 1520. The van der Waals surface area contributed by atoms with Crippen molar-refractivity contribution in [3.05, 3.63) is 95.4 Å². The van der Waals surface area contributed by atoms with Crippen LogP contribution in [0.3, 0.4) is 0 Å². The van der Waals surface area contributed by atoms with Crippen LogP contribution in [0.2, 0.25) is 0 Å². The Morgan fingerprint density at radius 2 is 1.67 bits per heavy atom. The number of aromatic nitrogens is 1. The molecule has 46 heavy (non-hydrogen) atoms. The van der Waals surface area contributed by atoms with E-state index < -0.39 is 5.82 Å². The van der Waals surface area contributed by atoms with E-state index in [4.69, 9.17) is 9.47 Å². The molecule has 3 amide bonds. The Labute approximate surface area is 268 Å². The zero-order valence-corrected chi connectivity index (χ0v) is 25.9. The Kier molecular flexibility index (Phi) is 10.2. The van der Waals surface area contributed by atoms with Crippen molar-refractivity contribution in [2.24, 2.45) is 5.92 Å². The predicted molar refractivity (Wildman–Crippen MR) is 169 cm³/mol. The third kappa shape index (κ3) is 7.71. The van der Waals surface area contributed by atoms with E-state index in [0.717, 1.165) is 18.4 Å². The minimum Gasteiger partial charge on any atom is -0.475 e. The number of benzene rings is 2. The van der Waals surface area contributed by atoms with Gasteiger partial charge in [0.25, 0.3) is 11.8 Å². The van der Waals surface area contributed by atoms with Crippen LogP contribution in [0, 0.1) is 11.7 Å². The van der Waals surface area contributed by atoms with E-state index in [1.54, 1.807) is 35.2 Å². The lowest BCUT2D eigenvalue weighted by Gasteiger charge is -2.37. The van der Waals surface area contributed by atoms with E-state index >= 15 is 0 Å². The van der Waals surface area contributed by atoms with Gasteiger partial charge < -0.3 is 24.6 Å². The molecule has 0 spiro atoms. The van der Waals surface area contributed by atoms with Crippen LogP contribution in [0.15, 0.2) is 72.8 Å². The number of carbonyl (C=O) groups is 3. The summed E-state index contributed by atoms with van der Waals surface area (Å²) in [5.41, 5.74) is 1.37. The van der Waals surface area contributed by atoms with Gasteiger partial charge in [-0.2, -0.15) is 0 Å². The summed E-state index contributed by atoms with van der Waals surface area (Å²) < 4.78 is 26.1. The molecule has 10 nitrogen and oxygen atoms in total. The van der Waals surface area contributed by atoms with Gasteiger partial charge in [0, 0.05) is 51.4 Å². The fraction of sp³-hybridized carbons (Fsp3) is 0.429. The molecule has 1 aromatic heterocycles. The van der Waals surface area contributed by atoms with E-state index in [1.807, 2.05) is 35.2 Å². The maximum atomic E-state index is 14.6. The van der Waals surface area contributed by atoms with E-state index in [0.29, 0.717) is 45.0 Å². The average Bonchev–Trinajstić information content (AvgIpc) is 3.47. The van der Waals surface area contributed by atoms with Crippen LogP contribution < -0.4 is 10.1 Å². The number of carbonyl (C=O) groups excluding carboxylic acids is 3. The molecule has 0 unspecified atom stereocenters. The molecule has 4 aliphatic rings. The lowest BCUT2D eigenvalue weighted by Crippen LogP contribution is -2.49. The Hall–Kier alpha value is -4.35. The van der Waals surface area contributed by atoms with E-state index in [1.165, 1.54) is 12.1 Å². The first-order valence-electron chi connectivity index (χ1n) is 16.0. The first-order valence-corrected chi connectivity index (χ1v) is 16.0. The van der Waals surface area contributed by atoms with Crippen molar-refractivity contribution in [2.45, 2.75) is 37.9 Å². The van der Waals surface area contributed by atoms with Crippen LogP contribution >= 0.6 is 0 Å². The molecule has 0 aliphatic carbocycles. The fourth-order valence-electron chi connectivity index (χ4n) is 6.56. The van der Waals surface area contributed by atoms with Crippen LogP contribution in [0.25, 0.3) is 0 Å². The molecule has 1 N–H and O–H groups in total. The first kappa shape index (κ1) is 31.6. The van der Waals surface area contributed by atoms with Crippen LogP contribution in [-0.4, -0.2) is 102 Å². The van der Waals surface area contributed by atoms with Gasteiger partial charge in [-0.3, -0.25) is 19.3 Å². The normalized spacial score (nSPS) is 23.4. The molecule has 6 bridgehead atoms. The summed E-state index contributed by atoms with van der Waals surface area (Å²) >= 11 is 0. The van der Waals surface area contributed by atoms with Gasteiger partial charge in [0.15, 0.2) is 0 Å². The van der Waals surface area contributed by atoms with E-state index in [2.05, 4.69) is 15.2 Å². The van der Waals surface area contributed by atoms with Crippen molar-refractivity contribution in [2.75, 3.05) is 52.5 Å². The SMILES string of the molecule is O=C1N[C@@H]2C[C@@H](C(=O)N3CCC(CC3)CN(C(=O)c3ccccc3F)CCOCCOc3cccc1n3)N(Cc1ccccc1)C2. The van der Waals surface area contributed by atoms with Crippen LogP contribution in [0.5, 0.6) is 5.88 Å². The minimum absolute atomic E-state index is 0.0346. The quantitative estimate of drug-likeness (QED) is 0.443. The molecule has 5 heterocycles. The molecule has 7 rings (SSSR count). The number of hydrogen-bond donors (Lipinski definition) is 1. The molecule has 2 saturated heterocycles. The van der Waals surface area contributed by atoms with Crippen molar-refractivity contribution in [1.29, 1.82) is 0 Å². The molecular weight excluding hydrogens is 589 g/mol. The van der Waals surface area contributed by atoms with Gasteiger partial charge in [0.05, 0.1) is 24.8 Å². The maximum absolute atomic E-state index is 14.6. The molecule has 11 heteroatoms. The van der Waals surface area contributed by atoms with Crippen molar-refractivity contribution in [1.82, 2.24) is 25.0 Å². The summed E-state index contributed by atoms with van der Waals surface area (Å²) in [7, 11) is 0. The molecule has 2 atom stereocenters. The highest BCUT2D eigenvalue weighted by Crippen LogP contribution is 2.27. The van der Waals surface area contributed by atoms with Crippen molar-refractivity contribution < 1.29 is 28.2 Å². The molecule has 0 radical (unpaired) electrons. The molecule has 242 valence electrons. The molecule has 3 aromatic rings. The van der Waals surface area contributed by atoms with Gasteiger partial charge in [-0.1, -0.05) is 48.5 Å². The summed E-state index contributed by atoms with van der Waals surface area (Å²) in [6, 6.07) is 20.5. The second-order valence-corrected chi connectivity index (χ2v) is 12.2. The van der Waals surface area contributed by atoms with Crippen LogP contribution in [0.1, 0.15) is 45.7 Å². The number of rotatable bonds is 3. The summed E-state index contributed by atoms with van der Waals surface area (Å²) in [5, 5.41) is 3.10. The molecular formula is C35H40FN5O5. The highest BCUT2D eigenvalue weighted by atomic mass is 19.1. The molecule has 4 aliphatic heterocycles. The highest BCUT2D eigenvalue weighted by molar-refractivity contribution is 5.94. The molecule has 2 fully saturated rings. The summed E-state index contributed by atoms with van der Waals surface area (Å²) in [4.78, 5) is 50.8. The topological polar surface area (TPSA) is 104 Å². The second-order valence-electron chi connectivity index (χ2n) is 12.2. The number of nitrogens with one attached hydrogen (secondary N) is 1. The van der Waals surface area contributed by atoms with Gasteiger partial charge in [-0.15, -0.1) is 0 Å². The predicted octanol–water partition coefficient (Wildman–Crippen LogP) is 3.38. The average molecular weight is 630 g/mol. The number of pyridine rings is 1. The van der Waals surface area contributed by atoms with E-state index in [-0.39, 0.29) is 73.3 Å². The highest BCUT2D eigenvalue weighted by Gasteiger charge is 2.40. The third-order valence-corrected chi connectivity index (χ3v) is 8.99. The Morgan fingerprint density at radius 3 is 2.48 bits per heavy atom. The van der Waals surface area contributed by atoms with Crippen LogP contribution in [0.4, 0.5) is 4.39 Å². The van der Waals surface area contributed by atoms with E-state index in [9.17, 15) is 18.8 Å². The Balaban J connectivity index is 1.22. The number of hydrogen-bond acceptors (Lipinski definition) is 7. The lowest BCUT2D eigenvalue weighted by atomic mass is 9.95. The van der Waals surface area contributed by atoms with Gasteiger partial charge in [0.2, 0.25) is 11.8 Å². The number of fused-ring (bicyclic) bond motifs is 10. The van der Waals surface area contributed by atoms with Crippen molar-refractivity contribution in [3.63, 3.8) is 0 Å². The minimum atomic E-state index is -0.554. The largest absolute Gasteiger partial charge is 0.475 e. The number of amides is 3. The summed E-state index contributed by atoms with van der Waals surface area (Å²) in [5.74, 6) is -0.730. The molecule has 0 saturated carbocycles. The van der Waals surface area contributed by atoms with Gasteiger partial charge in [-0.05, 0) is 48.9 Å². The number of piperidine rings is 1. The number of halogens is 1. The van der Waals surface area contributed by atoms with Crippen LogP contribution in [-0.2, 0) is 16.1 Å². The fourth-order valence-corrected chi connectivity index (χ4v) is 6.56. The third-order valence-electron chi connectivity index (χ3n) is 8.99. The standard InChI is InChI=1S/C35H40FN5O5/c36-29-10-5-4-9-28(29)34(43)40-17-18-45-19-20-46-32-12-6-11-30(38-32)33(42)37-27-21-31(35(44)39-15-13-26(22-40)14-16-39)41(24-27)23-25-7-2-1-3-8-25/h1-12,26-27,31H,13-24H2,(H,37,42)/t27-,31+/m1/s1. The second kappa shape index (κ2) is 14.8. The number of ether oxygens (including phenoxy) is 2. The smallest absolute Gasteiger partial charge is 0.270 e. The van der Waals surface area contributed by atoms with Gasteiger partial charge in [-0.25, -0.2) is 9.37 Å². The van der Waals surface area contributed by atoms with Crippen molar-refractivity contribution >= 4 is 17.7 Å². The van der Waals surface area contributed by atoms with Gasteiger partial charge >= 0.3 is 0 Å². The molecule has 2 aromatic carbocycles. The monoisotopic (exact) mass is 629 g/mol. The summed E-state index contributed by atoms with van der Waals surface area (Å²) in [6.07, 6.45) is 1.96. The van der Waals surface area contributed by atoms with Gasteiger partial charge in [0.1, 0.15) is 18.1 Å². The lowest BCUT2D eigenvalue weighted by molar-refractivity contribution is -0.137. The summed E-state index contributed by atoms with van der Waals surface area (Å²) in [6.45, 7) is 3.72. The number of nitrogens with zero attached hydrogens (tertiary/aromatic N) is 4. The Morgan fingerprint density at radius 1 is 0.891 bits per heavy atom. The maximum Gasteiger partial charge on any atom is 0.270 e.